The van der Waals surface area contributed by atoms with Gasteiger partial charge in [0.15, 0.2) is 0 Å². The predicted octanol–water partition coefficient (Wildman–Crippen LogP) is 3.83. The van der Waals surface area contributed by atoms with E-state index in [0.29, 0.717) is 22.7 Å². The molecule has 150 valence electrons. The second-order valence-corrected chi connectivity index (χ2v) is 7.01. The number of para-hydroxylation sites is 1. The summed E-state index contributed by atoms with van der Waals surface area (Å²) in [6.45, 7) is 3.96. The molecule has 29 heavy (non-hydrogen) atoms. The highest BCUT2D eigenvalue weighted by atomic mass is 16.5. The van der Waals surface area contributed by atoms with Crippen molar-refractivity contribution in [2.75, 3.05) is 24.4 Å². The maximum absolute atomic E-state index is 13.6. The van der Waals surface area contributed by atoms with E-state index >= 15 is 0 Å². The minimum absolute atomic E-state index is 0.101. The summed E-state index contributed by atoms with van der Waals surface area (Å²) in [4.78, 5) is 15.4. The summed E-state index contributed by atoms with van der Waals surface area (Å²) in [5, 5.41) is 8.08. The fraction of sp³-hybridized carbons (Fsp3) is 0.273. The van der Waals surface area contributed by atoms with Gasteiger partial charge in [0.05, 0.1) is 31.2 Å². The van der Waals surface area contributed by atoms with Gasteiger partial charge in [-0.1, -0.05) is 12.1 Å². The molecule has 7 heteroatoms. The largest absolute Gasteiger partial charge is 0.497 e. The molecular weight excluding hydrogens is 368 g/mol. The topological polar surface area (TPSA) is 68.6 Å². The number of hydrogen-bond acceptors (Lipinski definition) is 5. The van der Waals surface area contributed by atoms with Crippen LogP contribution in [0, 0.1) is 13.8 Å². The Hall–Kier alpha value is -3.48. The smallest absolute Gasteiger partial charge is 0.262 e. The van der Waals surface area contributed by atoms with Gasteiger partial charge in [-0.15, -0.1) is 0 Å². The van der Waals surface area contributed by atoms with Crippen molar-refractivity contribution in [2.45, 2.75) is 20.0 Å². The third kappa shape index (κ3) is 2.99. The van der Waals surface area contributed by atoms with Crippen LogP contribution in [0.3, 0.4) is 0 Å². The molecule has 1 N–H and O–H groups in total. The molecule has 1 aliphatic heterocycles. The summed E-state index contributed by atoms with van der Waals surface area (Å²) in [7, 11) is 5.09. The van der Waals surface area contributed by atoms with Gasteiger partial charge >= 0.3 is 0 Å². The van der Waals surface area contributed by atoms with Gasteiger partial charge in [-0.25, -0.2) is 0 Å². The van der Waals surface area contributed by atoms with Crippen molar-refractivity contribution in [3.05, 3.63) is 65.0 Å². The van der Waals surface area contributed by atoms with Crippen molar-refractivity contribution in [1.29, 1.82) is 0 Å². The van der Waals surface area contributed by atoms with Crippen LogP contribution in [0.2, 0.25) is 0 Å². The molecule has 1 aromatic heterocycles. The van der Waals surface area contributed by atoms with Crippen LogP contribution in [0.25, 0.3) is 0 Å². The van der Waals surface area contributed by atoms with E-state index in [-0.39, 0.29) is 5.91 Å². The Bertz CT molecular complexity index is 1090. The van der Waals surface area contributed by atoms with Crippen molar-refractivity contribution in [3.8, 4) is 11.5 Å². The standard InChI is InChI=1S/C22H24N4O3/c1-13-20(14(2)25(3)24-13)21-23-17-9-7-6-8-16(17)22(27)26(21)18-11-10-15(28-4)12-19(18)29-5/h6-12,21,23H,1-5H3/t21-/m0/s1. The Morgan fingerprint density at radius 1 is 1.07 bits per heavy atom. The van der Waals surface area contributed by atoms with Crippen molar-refractivity contribution in [2.24, 2.45) is 7.05 Å². The minimum Gasteiger partial charge on any atom is -0.497 e. The van der Waals surface area contributed by atoms with Gasteiger partial charge in [0, 0.05) is 30.1 Å². The lowest BCUT2D eigenvalue weighted by Crippen LogP contribution is -2.43. The van der Waals surface area contributed by atoms with Gasteiger partial charge in [-0.05, 0) is 38.1 Å². The van der Waals surface area contributed by atoms with Crippen molar-refractivity contribution >= 4 is 17.3 Å². The average Bonchev–Trinajstić information content (AvgIpc) is 2.99. The number of rotatable bonds is 4. The molecule has 0 saturated carbocycles. The molecule has 4 rings (SSSR count). The summed E-state index contributed by atoms with van der Waals surface area (Å²) in [6.07, 6.45) is -0.423. The molecule has 0 unspecified atom stereocenters. The van der Waals surface area contributed by atoms with Gasteiger partial charge in [0.1, 0.15) is 17.7 Å². The number of methoxy groups -OCH3 is 2. The van der Waals surface area contributed by atoms with Crippen molar-refractivity contribution in [3.63, 3.8) is 0 Å². The van der Waals surface area contributed by atoms with Crippen LogP contribution in [0.1, 0.15) is 33.5 Å². The average molecular weight is 392 g/mol. The number of benzene rings is 2. The number of anilines is 2. The molecule has 0 fully saturated rings. The lowest BCUT2D eigenvalue weighted by atomic mass is 10.0. The first kappa shape index (κ1) is 18.9. The van der Waals surface area contributed by atoms with E-state index in [9.17, 15) is 4.79 Å². The van der Waals surface area contributed by atoms with Gasteiger partial charge in [0.25, 0.3) is 5.91 Å². The highest BCUT2D eigenvalue weighted by molar-refractivity contribution is 6.12. The SMILES string of the molecule is COc1ccc(N2C(=O)c3ccccc3N[C@@H]2c2c(C)nn(C)c2C)c(OC)c1. The van der Waals surface area contributed by atoms with Crippen molar-refractivity contribution in [1.82, 2.24) is 9.78 Å². The van der Waals surface area contributed by atoms with Gasteiger partial charge in [-0.2, -0.15) is 5.10 Å². The third-order valence-electron chi connectivity index (χ3n) is 5.41. The van der Waals surface area contributed by atoms with E-state index < -0.39 is 6.17 Å². The molecule has 0 bridgehead atoms. The number of nitrogens with zero attached hydrogens (tertiary/aromatic N) is 3. The number of carbonyl (C=O) groups is 1. The lowest BCUT2D eigenvalue weighted by Gasteiger charge is -2.38. The zero-order valence-electron chi connectivity index (χ0n) is 17.2. The zero-order chi connectivity index (χ0) is 20.7. The number of ether oxygens (including phenoxy) is 2. The first-order valence-corrected chi connectivity index (χ1v) is 9.37. The molecule has 2 heterocycles. The fourth-order valence-corrected chi connectivity index (χ4v) is 3.87. The zero-order valence-corrected chi connectivity index (χ0v) is 17.2. The maximum atomic E-state index is 13.6. The molecule has 0 radical (unpaired) electrons. The molecule has 2 aromatic carbocycles. The Balaban J connectivity index is 1.94. The normalized spacial score (nSPS) is 15.7. The van der Waals surface area contributed by atoms with E-state index in [1.165, 1.54) is 0 Å². The van der Waals surface area contributed by atoms with Crippen molar-refractivity contribution < 1.29 is 14.3 Å². The summed E-state index contributed by atoms with van der Waals surface area (Å²) >= 11 is 0. The summed E-state index contributed by atoms with van der Waals surface area (Å²) in [5.74, 6) is 1.12. The number of hydrogen-bond donors (Lipinski definition) is 1. The number of aryl methyl sites for hydroxylation is 2. The molecule has 0 aliphatic carbocycles. The molecule has 1 aliphatic rings. The Morgan fingerprint density at radius 2 is 1.83 bits per heavy atom. The van der Waals surface area contributed by atoms with Gasteiger partial charge < -0.3 is 14.8 Å². The molecule has 3 aromatic rings. The Labute approximate surface area is 169 Å². The number of amides is 1. The maximum Gasteiger partial charge on any atom is 0.262 e. The second-order valence-electron chi connectivity index (χ2n) is 7.01. The first-order valence-electron chi connectivity index (χ1n) is 9.37. The first-order chi connectivity index (χ1) is 14.0. The highest BCUT2D eigenvalue weighted by Crippen LogP contribution is 2.42. The fourth-order valence-electron chi connectivity index (χ4n) is 3.87. The number of fused-ring (bicyclic) bond motifs is 1. The van der Waals surface area contributed by atoms with E-state index in [1.807, 2.05) is 62.0 Å². The Morgan fingerprint density at radius 3 is 2.48 bits per heavy atom. The van der Waals surface area contributed by atoms with Crippen LogP contribution < -0.4 is 19.7 Å². The van der Waals surface area contributed by atoms with Crippen LogP contribution in [-0.4, -0.2) is 29.9 Å². The quantitative estimate of drug-likeness (QED) is 0.731. The van der Waals surface area contributed by atoms with Crippen LogP contribution in [0.4, 0.5) is 11.4 Å². The number of aromatic nitrogens is 2. The third-order valence-corrected chi connectivity index (χ3v) is 5.41. The molecule has 1 amide bonds. The van der Waals surface area contributed by atoms with Crippen LogP contribution >= 0.6 is 0 Å². The van der Waals surface area contributed by atoms with Crippen LogP contribution in [0.5, 0.6) is 11.5 Å². The molecule has 0 saturated heterocycles. The van der Waals surface area contributed by atoms with Gasteiger partial charge in [0.2, 0.25) is 0 Å². The van der Waals surface area contributed by atoms with Crippen LogP contribution in [-0.2, 0) is 7.05 Å². The molecular formula is C22H24N4O3. The molecule has 0 spiro atoms. The summed E-state index contributed by atoms with van der Waals surface area (Å²) < 4.78 is 12.8. The monoisotopic (exact) mass is 392 g/mol. The van der Waals surface area contributed by atoms with E-state index in [0.717, 1.165) is 22.6 Å². The Kier molecular flexibility index (Phi) is 4.66. The number of nitrogens with one attached hydrogen (secondary N) is 1. The van der Waals surface area contributed by atoms with E-state index in [4.69, 9.17) is 9.47 Å². The molecule has 7 nitrogen and oxygen atoms in total. The van der Waals surface area contributed by atoms with E-state index in [1.54, 1.807) is 25.2 Å². The van der Waals surface area contributed by atoms with Gasteiger partial charge in [-0.3, -0.25) is 14.4 Å². The summed E-state index contributed by atoms with van der Waals surface area (Å²) in [6, 6.07) is 13.0. The second kappa shape index (κ2) is 7.16. The summed E-state index contributed by atoms with van der Waals surface area (Å²) in [5.41, 5.74) is 4.90. The predicted molar refractivity (Wildman–Crippen MR) is 112 cm³/mol. The number of carbonyl (C=O) groups excluding carboxylic acids is 1. The minimum atomic E-state index is -0.423. The molecule has 1 atom stereocenters. The lowest BCUT2D eigenvalue weighted by molar-refractivity contribution is 0.0974. The van der Waals surface area contributed by atoms with Crippen LogP contribution in [0.15, 0.2) is 42.5 Å². The highest BCUT2D eigenvalue weighted by Gasteiger charge is 2.38. The van der Waals surface area contributed by atoms with E-state index in [2.05, 4.69) is 10.4 Å².